The lowest BCUT2D eigenvalue weighted by Gasteiger charge is -2.14. The summed E-state index contributed by atoms with van der Waals surface area (Å²) in [6, 6.07) is 6.28. The lowest BCUT2D eigenvalue weighted by Crippen LogP contribution is -1.98. The fourth-order valence-corrected chi connectivity index (χ4v) is 3.70. The van der Waals surface area contributed by atoms with Gasteiger partial charge in [0, 0.05) is 10.8 Å². The average molecular weight is 260 g/mol. The zero-order valence-corrected chi connectivity index (χ0v) is 11.4. The molecular weight excluding hydrogens is 244 g/mol. The molecule has 1 aliphatic carbocycles. The van der Waals surface area contributed by atoms with Crippen LogP contribution >= 0.6 is 11.3 Å². The fourth-order valence-electron chi connectivity index (χ4n) is 2.66. The number of ether oxygens (including phenoxy) is 1. The zero-order valence-electron chi connectivity index (χ0n) is 10.6. The molecule has 3 rings (SSSR count). The van der Waals surface area contributed by atoms with Crippen molar-refractivity contribution in [3.63, 3.8) is 0 Å². The van der Waals surface area contributed by atoms with Crippen LogP contribution in [0.4, 0.5) is 5.13 Å². The summed E-state index contributed by atoms with van der Waals surface area (Å²) in [7, 11) is 1.71. The van der Waals surface area contributed by atoms with E-state index in [2.05, 4.69) is 24.0 Å². The molecule has 2 N–H and O–H groups in total. The number of rotatable bonds is 2. The van der Waals surface area contributed by atoms with Crippen LogP contribution in [0.1, 0.15) is 34.0 Å². The van der Waals surface area contributed by atoms with E-state index in [0.29, 0.717) is 11.0 Å². The second-order valence-electron chi connectivity index (χ2n) is 4.68. The number of hydrogen-bond donors (Lipinski definition) is 1. The van der Waals surface area contributed by atoms with Crippen molar-refractivity contribution in [1.82, 2.24) is 4.98 Å². The van der Waals surface area contributed by atoms with E-state index in [1.165, 1.54) is 21.7 Å². The van der Waals surface area contributed by atoms with Gasteiger partial charge in [0.25, 0.3) is 0 Å². The number of benzene rings is 1. The first-order valence-corrected chi connectivity index (χ1v) is 6.90. The predicted molar refractivity (Wildman–Crippen MR) is 74.4 cm³/mol. The van der Waals surface area contributed by atoms with Crippen molar-refractivity contribution >= 4 is 16.5 Å². The maximum atomic E-state index is 5.81. The Morgan fingerprint density at radius 2 is 2.28 bits per heavy atom. The van der Waals surface area contributed by atoms with E-state index in [1.54, 1.807) is 18.4 Å². The first kappa shape index (κ1) is 11.5. The van der Waals surface area contributed by atoms with Crippen molar-refractivity contribution in [3.05, 3.63) is 39.9 Å². The Hall–Kier alpha value is -1.55. The summed E-state index contributed by atoms with van der Waals surface area (Å²) in [4.78, 5) is 5.74. The molecule has 0 radical (unpaired) electrons. The summed E-state index contributed by atoms with van der Waals surface area (Å²) >= 11 is 1.63. The van der Waals surface area contributed by atoms with Crippen LogP contribution < -0.4 is 10.5 Å². The van der Waals surface area contributed by atoms with Crippen LogP contribution in [-0.4, -0.2) is 12.1 Å². The number of hydrogen-bond acceptors (Lipinski definition) is 4. The van der Waals surface area contributed by atoms with E-state index in [9.17, 15) is 0 Å². The fraction of sp³-hybridized carbons (Fsp3) is 0.357. The molecule has 0 saturated heterocycles. The third-order valence-electron chi connectivity index (χ3n) is 3.59. The third kappa shape index (κ3) is 1.77. The molecule has 1 aromatic carbocycles. The average Bonchev–Trinajstić information content (AvgIpc) is 2.89. The van der Waals surface area contributed by atoms with Gasteiger partial charge in [-0.25, -0.2) is 4.98 Å². The molecule has 1 heterocycles. The molecule has 18 heavy (non-hydrogen) atoms. The summed E-state index contributed by atoms with van der Waals surface area (Å²) in [5.41, 5.74) is 9.64. The molecular formula is C14H16N2OS. The monoisotopic (exact) mass is 260 g/mol. The smallest absolute Gasteiger partial charge is 0.180 e. The first-order chi connectivity index (χ1) is 8.69. The minimum absolute atomic E-state index is 0.435. The second-order valence-corrected chi connectivity index (χ2v) is 5.74. The van der Waals surface area contributed by atoms with Crippen molar-refractivity contribution < 1.29 is 4.74 Å². The normalized spacial score (nSPS) is 17.8. The summed E-state index contributed by atoms with van der Waals surface area (Å²) in [5, 5.41) is 0.685. The van der Waals surface area contributed by atoms with Gasteiger partial charge in [-0.3, -0.25) is 0 Å². The highest BCUT2D eigenvalue weighted by molar-refractivity contribution is 7.15. The SMILES string of the molecule is COc1ccc(C)c(C2CCc3nc(N)sc32)c1. The van der Waals surface area contributed by atoms with Crippen LogP contribution in [-0.2, 0) is 6.42 Å². The molecule has 0 saturated carbocycles. The highest BCUT2D eigenvalue weighted by Gasteiger charge is 2.29. The second kappa shape index (κ2) is 4.28. The molecule has 1 aromatic heterocycles. The van der Waals surface area contributed by atoms with Gasteiger partial charge in [-0.1, -0.05) is 6.07 Å². The molecule has 0 fully saturated rings. The van der Waals surface area contributed by atoms with E-state index >= 15 is 0 Å². The number of methoxy groups -OCH3 is 1. The van der Waals surface area contributed by atoms with Crippen LogP contribution in [0.3, 0.4) is 0 Å². The Balaban J connectivity index is 2.06. The van der Waals surface area contributed by atoms with Gasteiger partial charge < -0.3 is 10.5 Å². The quantitative estimate of drug-likeness (QED) is 0.902. The van der Waals surface area contributed by atoms with E-state index in [0.717, 1.165) is 18.6 Å². The van der Waals surface area contributed by atoms with Gasteiger partial charge >= 0.3 is 0 Å². The maximum absolute atomic E-state index is 5.81. The maximum Gasteiger partial charge on any atom is 0.180 e. The largest absolute Gasteiger partial charge is 0.497 e. The zero-order chi connectivity index (χ0) is 12.7. The van der Waals surface area contributed by atoms with E-state index in [-0.39, 0.29) is 0 Å². The van der Waals surface area contributed by atoms with Crippen LogP contribution in [0.2, 0.25) is 0 Å². The highest BCUT2D eigenvalue weighted by atomic mass is 32.1. The van der Waals surface area contributed by atoms with Gasteiger partial charge in [0.15, 0.2) is 5.13 Å². The molecule has 4 heteroatoms. The van der Waals surface area contributed by atoms with Gasteiger partial charge in [-0.2, -0.15) is 0 Å². The number of nitrogens with zero attached hydrogens (tertiary/aromatic N) is 1. The molecule has 1 unspecified atom stereocenters. The van der Waals surface area contributed by atoms with Gasteiger partial charge in [0.1, 0.15) is 5.75 Å². The Morgan fingerprint density at radius 1 is 1.44 bits per heavy atom. The number of nitrogens with two attached hydrogens (primary N) is 1. The lowest BCUT2D eigenvalue weighted by molar-refractivity contribution is 0.414. The Kier molecular flexibility index (Phi) is 2.74. The minimum atomic E-state index is 0.435. The van der Waals surface area contributed by atoms with Gasteiger partial charge in [0.05, 0.1) is 12.8 Å². The Morgan fingerprint density at radius 3 is 3.06 bits per heavy atom. The van der Waals surface area contributed by atoms with Crippen LogP contribution in [0.15, 0.2) is 18.2 Å². The summed E-state index contributed by atoms with van der Waals surface area (Å²) in [5.74, 6) is 1.35. The van der Waals surface area contributed by atoms with Crippen molar-refractivity contribution in [2.75, 3.05) is 12.8 Å². The number of aryl methyl sites for hydroxylation is 2. The number of fused-ring (bicyclic) bond motifs is 1. The molecule has 94 valence electrons. The molecule has 1 aliphatic rings. The molecule has 3 nitrogen and oxygen atoms in total. The molecule has 0 amide bonds. The van der Waals surface area contributed by atoms with E-state index in [1.807, 2.05) is 6.07 Å². The van der Waals surface area contributed by atoms with Crippen LogP contribution in [0.5, 0.6) is 5.75 Å². The molecule has 0 aliphatic heterocycles. The summed E-state index contributed by atoms with van der Waals surface area (Å²) in [6.45, 7) is 2.15. The minimum Gasteiger partial charge on any atom is -0.497 e. The molecule has 0 bridgehead atoms. The summed E-state index contributed by atoms with van der Waals surface area (Å²) < 4.78 is 5.33. The van der Waals surface area contributed by atoms with Gasteiger partial charge in [0.2, 0.25) is 0 Å². The lowest BCUT2D eigenvalue weighted by atomic mass is 9.94. The van der Waals surface area contributed by atoms with Crippen LogP contribution in [0, 0.1) is 6.92 Å². The number of thiazole rings is 1. The van der Waals surface area contributed by atoms with Gasteiger partial charge in [-0.15, -0.1) is 11.3 Å². The predicted octanol–water partition coefficient (Wildman–Crippen LogP) is 3.12. The van der Waals surface area contributed by atoms with Crippen molar-refractivity contribution in [1.29, 1.82) is 0 Å². The van der Waals surface area contributed by atoms with Crippen molar-refractivity contribution in [3.8, 4) is 5.75 Å². The number of anilines is 1. The van der Waals surface area contributed by atoms with Crippen molar-refractivity contribution in [2.45, 2.75) is 25.7 Å². The Labute approximate surface area is 111 Å². The van der Waals surface area contributed by atoms with E-state index in [4.69, 9.17) is 10.5 Å². The third-order valence-corrected chi connectivity index (χ3v) is 4.63. The first-order valence-electron chi connectivity index (χ1n) is 6.08. The van der Waals surface area contributed by atoms with Crippen molar-refractivity contribution in [2.24, 2.45) is 0 Å². The molecule has 1 atom stereocenters. The Bertz CT molecular complexity index is 591. The standard InChI is InChI=1S/C14H16N2OS/c1-8-3-4-9(17-2)7-11(8)10-5-6-12-13(10)18-14(15)16-12/h3-4,7,10H,5-6H2,1-2H3,(H2,15,16). The van der Waals surface area contributed by atoms with Gasteiger partial charge in [-0.05, 0) is 43.0 Å². The topological polar surface area (TPSA) is 48.1 Å². The molecule has 2 aromatic rings. The number of aromatic nitrogens is 1. The molecule has 0 spiro atoms. The van der Waals surface area contributed by atoms with Crippen LogP contribution in [0.25, 0.3) is 0 Å². The van der Waals surface area contributed by atoms with E-state index < -0.39 is 0 Å². The number of nitrogen functional groups attached to an aromatic ring is 1. The highest BCUT2D eigenvalue weighted by Crippen LogP contribution is 2.43. The summed E-state index contributed by atoms with van der Waals surface area (Å²) in [6.07, 6.45) is 2.16.